The summed E-state index contributed by atoms with van der Waals surface area (Å²) < 4.78 is 39.8. The van der Waals surface area contributed by atoms with E-state index >= 15 is 0 Å². The standard InChI is InChI=1S/C24H29F3N2O2.ClH/c1-2-15-6-7-17-4-3-5-21(20(17)10-15)28-14-23(30)22(29-24(31)13-25)11-16-8-18(26)12-19(27)9-16;/h6-10,12,21-23,28,30H,2-5,11,13-14H2,1H3,(H,29,31);1H/t21-,22-,23-;/m0./s1. The molecule has 0 spiro atoms. The zero-order valence-electron chi connectivity index (χ0n) is 18.0. The Morgan fingerprint density at radius 1 is 1.16 bits per heavy atom. The lowest BCUT2D eigenvalue weighted by Crippen LogP contribution is -2.49. The first kappa shape index (κ1) is 26.2. The molecule has 0 bridgehead atoms. The van der Waals surface area contributed by atoms with Crippen LogP contribution in [0.5, 0.6) is 0 Å². The number of fused-ring (bicyclic) bond motifs is 1. The summed E-state index contributed by atoms with van der Waals surface area (Å²) in [4.78, 5) is 11.6. The maximum absolute atomic E-state index is 13.5. The van der Waals surface area contributed by atoms with E-state index in [0.717, 1.165) is 43.9 Å². The fraction of sp³-hybridized carbons (Fsp3) is 0.458. The van der Waals surface area contributed by atoms with Gasteiger partial charge in [-0.2, -0.15) is 0 Å². The van der Waals surface area contributed by atoms with Gasteiger partial charge in [0, 0.05) is 18.7 Å². The first-order chi connectivity index (χ1) is 14.9. The molecule has 0 aliphatic heterocycles. The van der Waals surface area contributed by atoms with E-state index in [1.54, 1.807) is 0 Å². The molecule has 1 amide bonds. The normalized spacial score (nSPS) is 17.1. The molecule has 0 saturated carbocycles. The molecule has 3 atom stereocenters. The number of aryl methyl sites for hydroxylation is 2. The molecule has 3 N–H and O–H groups in total. The van der Waals surface area contributed by atoms with Gasteiger partial charge in [-0.15, -0.1) is 12.4 Å². The van der Waals surface area contributed by atoms with Crippen LogP contribution in [0.1, 0.15) is 48.1 Å². The van der Waals surface area contributed by atoms with Crippen molar-refractivity contribution in [2.75, 3.05) is 13.2 Å². The molecule has 0 fully saturated rings. The molecule has 4 nitrogen and oxygen atoms in total. The number of rotatable bonds is 9. The van der Waals surface area contributed by atoms with Crippen LogP contribution in [0.25, 0.3) is 0 Å². The average molecular weight is 471 g/mol. The van der Waals surface area contributed by atoms with Crippen molar-refractivity contribution in [3.05, 3.63) is 70.3 Å². The number of aliphatic hydroxyl groups excluding tert-OH is 1. The summed E-state index contributed by atoms with van der Waals surface area (Å²) in [7, 11) is 0. The number of hydrogen-bond acceptors (Lipinski definition) is 3. The summed E-state index contributed by atoms with van der Waals surface area (Å²) in [5.41, 5.74) is 4.02. The monoisotopic (exact) mass is 470 g/mol. The van der Waals surface area contributed by atoms with Gasteiger partial charge < -0.3 is 15.7 Å². The van der Waals surface area contributed by atoms with E-state index in [1.807, 2.05) is 0 Å². The minimum absolute atomic E-state index is 0. The van der Waals surface area contributed by atoms with Crippen LogP contribution in [0.2, 0.25) is 0 Å². The lowest BCUT2D eigenvalue weighted by atomic mass is 9.86. The maximum atomic E-state index is 13.5. The summed E-state index contributed by atoms with van der Waals surface area (Å²) in [6.07, 6.45) is 2.80. The lowest BCUT2D eigenvalue weighted by Gasteiger charge is -2.30. The zero-order valence-corrected chi connectivity index (χ0v) is 18.9. The van der Waals surface area contributed by atoms with Crippen molar-refractivity contribution in [2.24, 2.45) is 0 Å². The number of carbonyl (C=O) groups excluding carboxylic acids is 1. The second-order valence-corrected chi connectivity index (χ2v) is 8.10. The Morgan fingerprint density at radius 3 is 2.53 bits per heavy atom. The highest BCUT2D eigenvalue weighted by Crippen LogP contribution is 2.30. The van der Waals surface area contributed by atoms with Crippen molar-refractivity contribution >= 4 is 18.3 Å². The molecule has 176 valence electrons. The number of benzene rings is 2. The highest BCUT2D eigenvalue weighted by atomic mass is 35.5. The van der Waals surface area contributed by atoms with Crippen LogP contribution < -0.4 is 10.6 Å². The van der Waals surface area contributed by atoms with Crippen LogP contribution in [0.4, 0.5) is 13.2 Å². The average Bonchev–Trinajstić information content (AvgIpc) is 2.75. The van der Waals surface area contributed by atoms with Gasteiger partial charge >= 0.3 is 0 Å². The van der Waals surface area contributed by atoms with Crippen LogP contribution in [0.3, 0.4) is 0 Å². The van der Waals surface area contributed by atoms with Gasteiger partial charge in [0.25, 0.3) is 5.91 Å². The first-order valence-corrected chi connectivity index (χ1v) is 10.7. The third-order valence-electron chi connectivity index (χ3n) is 5.82. The SMILES string of the molecule is CCc1ccc2c(c1)[C@@H](NC[C@H](O)[C@H](Cc1cc(F)cc(F)c1)NC(=O)CF)CCC2.Cl. The Hall–Kier alpha value is -2.09. The predicted octanol–water partition coefficient (Wildman–Crippen LogP) is 3.97. The smallest absolute Gasteiger partial charge is 0.251 e. The van der Waals surface area contributed by atoms with Crippen molar-refractivity contribution in [1.29, 1.82) is 0 Å². The fourth-order valence-electron chi connectivity index (χ4n) is 4.20. The lowest BCUT2D eigenvalue weighted by molar-refractivity contribution is -0.123. The van der Waals surface area contributed by atoms with Crippen molar-refractivity contribution in [3.63, 3.8) is 0 Å². The van der Waals surface area contributed by atoms with Crippen LogP contribution in [-0.4, -0.2) is 36.4 Å². The minimum atomic E-state index is -1.23. The maximum Gasteiger partial charge on any atom is 0.251 e. The molecule has 1 aliphatic rings. The van der Waals surface area contributed by atoms with Gasteiger partial charge in [-0.1, -0.05) is 25.1 Å². The summed E-state index contributed by atoms with van der Waals surface area (Å²) in [5.74, 6) is -2.37. The fourth-order valence-corrected chi connectivity index (χ4v) is 4.20. The van der Waals surface area contributed by atoms with E-state index in [4.69, 9.17) is 0 Å². The van der Waals surface area contributed by atoms with Gasteiger partial charge in [-0.25, -0.2) is 13.2 Å². The van der Waals surface area contributed by atoms with Crippen molar-refractivity contribution in [2.45, 2.75) is 57.2 Å². The second-order valence-electron chi connectivity index (χ2n) is 8.10. The van der Waals surface area contributed by atoms with Gasteiger partial charge in [-0.05, 0) is 66.5 Å². The highest BCUT2D eigenvalue weighted by Gasteiger charge is 2.25. The Balaban J connectivity index is 0.00000363. The molecule has 0 saturated heterocycles. The van der Waals surface area contributed by atoms with Crippen molar-refractivity contribution < 1.29 is 23.1 Å². The number of carbonyl (C=O) groups is 1. The van der Waals surface area contributed by atoms with E-state index in [0.29, 0.717) is 0 Å². The quantitative estimate of drug-likeness (QED) is 0.519. The Bertz CT molecular complexity index is 893. The number of nitrogens with one attached hydrogen (secondary N) is 2. The molecule has 3 rings (SSSR count). The van der Waals surface area contributed by atoms with E-state index < -0.39 is 36.4 Å². The number of halogens is 4. The molecule has 2 aromatic carbocycles. The number of amides is 1. The molecule has 0 radical (unpaired) electrons. The van der Waals surface area contributed by atoms with Crippen LogP contribution in [0.15, 0.2) is 36.4 Å². The molecule has 1 aliphatic carbocycles. The van der Waals surface area contributed by atoms with Gasteiger partial charge in [0.1, 0.15) is 11.6 Å². The van der Waals surface area contributed by atoms with E-state index in [-0.39, 0.29) is 37.0 Å². The second kappa shape index (κ2) is 12.2. The Labute approximate surface area is 193 Å². The summed E-state index contributed by atoms with van der Waals surface area (Å²) in [5, 5.41) is 16.5. The van der Waals surface area contributed by atoms with Crippen LogP contribution in [0, 0.1) is 11.6 Å². The minimum Gasteiger partial charge on any atom is -0.390 e. The summed E-state index contributed by atoms with van der Waals surface area (Å²) in [6.45, 7) is 1.02. The Kier molecular flexibility index (Phi) is 10.0. The molecule has 8 heteroatoms. The third kappa shape index (κ3) is 6.95. The summed E-state index contributed by atoms with van der Waals surface area (Å²) >= 11 is 0. The topological polar surface area (TPSA) is 61.4 Å². The molecule has 0 heterocycles. The highest BCUT2D eigenvalue weighted by molar-refractivity contribution is 5.85. The molecule has 0 aromatic heterocycles. The number of aliphatic hydroxyl groups is 1. The molecular weight excluding hydrogens is 441 g/mol. The Morgan fingerprint density at radius 2 is 1.88 bits per heavy atom. The number of hydrogen-bond donors (Lipinski definition) is 3. The predicted molar refractivity (Wildman–Crippen MR) is 121 cm³/mol. The largest absolute Gasteiger partial charge is 0.390 e. The van der Waals surface area contributed by atoms with E-state index in [1.165, 1.54) is 16.7 Å². The summed E-state index contributed by atoms with van der Waals surface area (Å²) in [6, 6.07) is 8.69. The molecule has 2 aromatic rings. The van der Waals surface area contributed by atoms with Gasteiger partial charge in [0.2, 0.25) is 0 Å². The molecule has 0 unspecified atom stereocenters. The van der Waals surface area contributed by atoms with Gasteiger partial charge in [0.15, 0.2) is 6.67 Å². The van der Waals surface area contributed by atoms with Crippen LogP contribution >= 0.6 is 12.4 Å². The van der Waals surface area contributed by atoms with Gasteiger partial charge in [0.05, 0.1) is 12.1 Å². The van der Waals surface area contributed by atoms with Crippen molar-refractivity contribution in [1.82, 2.24) is 10.6 Å². The van der Waals surface area contributed by atoms with E-state index in [2.05, 4.69) is 35.8 Å². The molecular formula is C24H30ClF3N2O2. The number of alkyl halides is 1. The molecule has 32 heavy (non-hydrogen) atoms. The van der Waals surface area contributed by atoms with Crippen molar-refractivity contribution in [3.8, 4) is 0 Å². The zero-order chi connectivity index (χ0) is 22.4. The van der Waals surface area contributed by atoms with Gasteiger partial charge in [-0.3, -0.25) is 4.79 Å². The van der Waals surface area contributed by atoms with Crippen LogP contribution in [-0.2, 0) is 24.1 Å². The van der Waals surface area contributed by atoms with E-state index in [9.17, 15) is 23.1 Å². The first-order valence-electron chi connectivity index (χ1n) is 10.7. The third-order valence-corrected chi connectivity index (χ3v) is 5.82.